The Labute approximate surface area is 86.5 Å². The van der Waals surface area contributed by atoms with Crippen LogP contribution in [0.5, 0.6) is 0 Å². The van der Waals surface area contributed by atoms with Crippen LogP contribution in [0.3, 0.4) is 0 Å². The second-order valence-electron chi connectivity index (χ2n) is 4.85. The molecular formula is C11H23NO2. The lowest BCUT2D eigenvalue weighted by molar-refractivity contribution is 0.0391. The van der Waals surface area contributed by atoms with Crippen LogP contribution in [-0.2, 0) is 0 Å². The molecule has 84 valence electrons. The highest BCUT2D eigenvalue weighted by atomic mass is 16.3. The Balaban J connectivity index is 2.41. The molecule has 1 aliphatic rings. The highest BCUT2D eigenvalue weighted by molar-refractivity contribution is 4.93. The average Bonchev–Trinajstić information content (AvgIpc) is 2.65. The van der Waals surface area contributed by atoms with Crippen molar-refractivity contribution in [2.24, 2.45) is 0 Å². The molecule has 0 heterocycles. The van der Waals surface area contributed by atoms with Crippen molar-refractivity contribution in [2.75, 3.05) is 13.2 Å². The van der Waals surface area contributed by atoms with E-state index in [1.54, 1.807) is 0 Å². The Morgan fingerprint density at radius 3 is 2.36 bits per heavy atom. The van der Waals surface area contributed by atoms with Gasteiger partial charge in [-0.1, -0.05) is 19.8 Å². The van der Waals surface area contributed by atoms with Crippen molar-refractivity contribution in [3.8, 4) is 0 Å². The Morgan fingerprint density at radius 2 is 1.93 bits per heavy atom. The van der Waals surface area contributed by atoms with Crippen molar-refractivity contribution < 1.29 is 10.2 Å². The summed E-state index contributed by atoms with van der Waals surface area (Å²) < 4.78 is 0. The molecule has 1 aliphatic carbocycles. The van der Waals surface area contributed by atoms with Gasteiger partial charge in [0.25, 0.3) is 0 Å². The van der Waals surface area contributed by atoms with E-state index in [4.69, 9.17) is 0 Å². The van der Waals surface area contributed by atoms with Crippen LogP contribution in [0.15, 0.2) is 0 Å². The molecular weight excluding hydrogens is 178 g/mol. The first kappa shape index (κ1) is 12.0. The molecule has 3 heteroatoms. The van der Waals surface area contributed by atoms with E-state index in [2.05, 4.69) is 5.32 Å². The van der Waals surface area contributed by atoms with Crippen molar-refractivity contribution in [2.45, 2.75) is 57.1 Å². The summed E-state index contributed by atoms with van der Waals surface area (Å²) in [6.45, 7) is 4.57. The van der Waals surface area contributed by atoms with Gasteiger partial charge in [0.2, 0.25) is 0 Å². The molecule has 3 nitrogen and oxygen atoms in total. The second kappa shape index (κ2) is 4.60. The Kier molecular flexibility index (Phi) is 3.93. The minimum Gasteiger partial charge on any atom is -0.394 e. The molecule has 0 radical (unpaired) electrons. The van der Waals surface area contributed by atoms with E-state index >= 15 is 0 Å². The molecule has 0 saturated heterocycles. The van der Waals surface area contributed by atoms with Gasteiger partial charge in [-0.25, -0.2) is 0 Å². The van der Waals surface area contributed by atoms with Gasteiger partial charge in [0, 0.05) is 12.1 Å². The molecule has 14 heavy (non-hydrogen) atoms. The van der Waals surface area contributed by atoms with Gasteiger partial charge in [0.05, 0.1) is 12.2 Å². The maximum absolute atomic E-state index is 9.85. The van der Waals surface area contributed by atoms with E-state index in [1.807, 2.05) is 13.8 Å². The summed E-state index contributed by atoms with van der Waals surface area (Å²) in [6, 6.07) is 0. The highest BCUT2D eigenvalue weighted by Gasteiger charge is 2.34. The second-order valence-corrected chi connectivity index (χ2v) is 4.85. The van der Waals surface area contributed by atoms with E-state index in [-0.39, 0.29) is 12.1 Å². The fraction of sp³-hybridized carbons (Fsp3) is 1.00. The van der Waals surface area contributed by atoms with Crippen LogP contribution in [0, 0.1) is 0 Å². The lowest BCUT2D eigenvalue weighted by Crippen LogP contribution is -2.51. The van der Waals surface area contributed by atoms with Crippen molar-refractivity contribution in [1.82, 2.24) is 5.32 Å². The first-order chi connectivity index (χ1) is 6.54. The monoisotopic (exact) mass is 201 g/mol. The van der Waals surface area contributed by atoms with Crippen LogP contribution < -0.4 is 5.32 Å². The third-order valence-corrected chi connectivity index (χ3v) is 3.47. The van der Waals surface area contributed by atoms with Gasteiger partial charge < -0.3 is 15.5 Å². The summed E-state index contributed by atoms with van der Waals surface area (Å²) in [6.07, 6.45) is 5.16. The first-order valence-corrected chi connectivity index (χ1v) is 5.62. The van der Waals surface area contributed by atoms with Crippen LogP contribution in [0.25, 0.3) is 0 Å². The van der Waals surface area contributed by atoms with Crippen LogP contribution in [-0.4, -0.2) is 34.5 Å². The summed E-state index contributed by atoms with van der Waals surface area (Å²) in [5, 5.41) is 22.5. The van der Waals surface area contributed by atoms with Crippen molar-refractivity contribution in [3.63, 3.8) is 0 Å². The van der Waals surface area contributed by atoms with E-state index in [0.717, 1.165) is 19.3 Å². The summed E-state index contributed by atoms with van der Waals surface area (Å²) in [4.78, 5) is 0. The normalized spacial score (nSPS) is 24.9. The maximum atomic E-state index is 9.85. The fourth-order valence-corrected chi connectivity index (χ4v) is 1.95. The van der Waals surface area contributed by atoms with E-state index in [0.29, 0.717) is 6.54 Å². The van der Waals surface area contributed by atoms with Crippen LogP contribution in [0.1, 0.15) is 46.0 Å². The zero-order chi connectivity index (χ0) is 10.7. The largest absolute Gasteiger partial charge is 0.394 e. The molecule has 0 amide bonds. The van der Waals surface area contributed by atoms with Gasteiger partial charge in [0.15, 0.2) is 0 Å². The third-order valence-electron chi connectivity index (χ3n) is 3.47. The first-order valence-electron chi connectivity index (χ1n) is 5.62. The summed E-state index contributed by atoms with van der Waals surface area (Å²) in [5.41, 5.74) is -0.760. The molecule has 1 unspecified atom stereocenters. The number of hydrogen-bond donors (Lipinski definition) is 3. The van der Waals surface area contributed by atoms with E-state index in [9.17, 15) is 10.2 Å². The number of aliphatic hydroxyl groups excluding tert-OH is 1. The zero-order valence-electron chi connectivity index (χ0n) is 9.34. The topological polar surface area (TPSA) is 52.5 Å². The lowest BCUT2D eigenvalue weighted by atomic mass is 9.96. The van der Waals surface area contributed by atoms with Gasteiger partial charge in [-0.05, 0) is 26.2 Å². The molecule has 0 aliphatic heterocycles. The van der Waals surface area contributed by atoms with Gasteiger partial charge >= 0.3 is 0 Å². The quantitative estimate of drug-likeness (QED) is 0.623. The van der Waals surface area contributed by atoms with Crippen molar-refractivity contribution in [3.05, 3.63) is 0 Å². The average molecular weight is 201 g/mol. The predicted octanol–water partition coefficient (Wildman–Crippen LogP) is 1.04. The Morgan fingerprint density at radius 1 is 1.36 bits per heavy atom. The molecule has 1 atom stereocenters. The Hall–Kier alpha value is -0.120. The molecule has 3 N–H and O–H groups in total. The molecule has 1 fully saturated rings. The minimum absolute atomic E-state index is 0.112. The fourth-order valence-electron chi connectivity index (χ4n) is 1.95. The van der Waals surface area contributed by atoms with Gasteiger partial charge in [-0.3, -0.25) is 0 Å². The van der Waals surface area contributed by atoms with Gasteiger partial charge in [0.1, 0.15) is 0 Å². The van der Waals surface area contributed by atoms with E-state index < -0.39 is 5.60 Å². The number of aliphatic hydroxyl groups is 2. The van der Waals surface area contributed by atoms with Crippen LogP contribution >= 0.6 is 0 Å². The zero-order valence-corrected chi connectivity index (χ0v) is 9.34. The number of β-amino-alcohol motifs (C(OH)–C–C–N with tert-alkyl or cyclic N) is 1. The summed E-state index contributed by atoms with van der Waals surface area (Å²) in [5.74, 6) is 0. The highest BCUT2D eigenvalue weighted by Crippen LogP contribution is 2.29. The van der Waals surface area contributed by atoms with Gasteiger partial charge in [-0.15, -0.1) is 0 Å². The standard InChI is InChI=1S/C11H23NO2/c1-3-10(2,14)8-12-11(9-13)6-4-5-7-11/h12-14H,3-9H2,1-2H3. The number of hydrogen-bond acceptors (Lipinski definition) is 3. The Bertz CT molecular complexity index is 174. The minimum atomic E-state index is -0.648. The number of nitrogens with one attached hydrogen (secondary N) is 1. The molecule has 0 bridgehead atoms. The lowest BCUT2D eigenvalue weighted by Gasteiger charge is -2.32. The smallest absolute Gasteiger partial charge is 0.0741 e. The SMILES string of the molecule is CCC(C)(O)CNC1(CO)CCCC1. The summed E-state index contributed by atoms with van der Waals surface area (Å²) >= 11 is 0. The summed E-state index contributed by atoms with van der Waals surface area (Å²) in [7, 11) is 0. The van der Waals surface area contributed by atoms with E-state index in [1.165, 1.54) is 12.8 Å². The van der Waals surface area contributed by atoms with Crippen molar-refractivity contribution >= 4 is 0 Å². The number of rotatable bonds is 5. The van der Waals surface area contributed by atoms with Crippen LogP contribution in [0.4, 0.5) is 0 Å². The molecule has 1 saturated carbocycles. The molecule has 0 aromatic carbocycles. The molecule has 1 rings (SSSR count). The van der Waals surface area contributed by atoms with Crippen molar-refractivity contribution in [1.29, 1.82) is 0 Å². The van der Waals surface area contributed by atoms with Gasteiger partial charge in [-0.2, -0.15) is 0 Å². The maximum Gasteiger partial charge on any atom is 0.0741 e. The predicted molar refractivity (Wildman–Crippen MR) is 57.2 cm³/mol. The third kappa shape index (κ3) is 2.94. The molecule has 0 aromatic rings. The molecule has 0 aromatic heterocycles. The molecule has 0 spiro atoms. The van der Waals surface area contributed by atoms with Crippen LogP contribution in [0.2, 0.25) is 0 Å².